The highest BCUT2D eigenvalue weighted by atomic mass is 16.4. The van der Waals surface area contributed by atoms with Gasteiger partial charge in [-0.1, -0.05) is 0 Å². The summed E-state index contributed by atoms with van der Waals surface area (Å²) >= 11 is 0. The fourth-order valence-corrected chi connectivity index (χ4v) is 2.39. The van der Waals surface area contributed by atoms with Gasteiger partial charge in [0.05, 0.1) is 0 Å². The van der Waals surface area contributed by atoms with Crippen LogP contribution in [0.5, 0.6) is 0 Å². The molecule has 1 heterocycles. The minimum Gasteiger partial charge on any atom is -0.427 e. The summed E-state index contributed by atoms with van der Waals surface area (Å²) in [6, 6.07) is 0. The third-order valence-corrected chi connectivity index (χ3v) is 3.26. The van der Waals surface area contributed by atoms with E-state index in [9.17, 15) is 0 Å². The van der Waals surface area contributed by atoms with Gasteiger partial charge in [-0.3, -0.25) is 0 Å². The summed E-state index contributed by atoms with van der Waals surface area (Å²) in [7, 11) is -1.06. The molecule has 0 radical (unpaired) electrons. The average Bonchev–Trinajstić information content (AvgIpc) is 2.84. The van der Waals surface area contributed by atoms with Crippen LogP contribution in [0, 0.1) is 11.8 Å². The van der Waals surface area contributed by atoms with Crippen molar-refractivity contribution in [2.75, 3.05) is 13.1 Å². The zero-order chi connectivity index (χ0) is 8.55. The first-order chi connectivity index (χ1) is 5.79. The molecule has 68 valence electrons. The van der Waals surface area contributed by atoms with Gasteiger partial charge < -0.3 is 15.4 Å². The molecule has 0 aromatic heterocycles. The molecular weight excluding hydrogens is 153 g/mol. The lowest BCUT2D eigenvalue weighted by atomic mass is 9.78. The first-order valence-electron chi connectivity index (χ1n) is 4.86. The summed E-state index contributed by atoms with van der Waals surface area (Å²) in [5, 5.41) is 21.2. The van der Waals surface area contributed by atoms with Gasteiger partial charge in [0.15, 0.2) is 0 Å². The van der Waals surface area contributed by atoms with Gasteiger partial charge in [0, 0.05) is 0 Å². The van der Waals surface area contributed by atoms with Crippen LogP contribution in [0.25, 0.3) is 0 Å². The zero-order valence-electron chi connectivity index (χ0n) is 7.24. The van der Waals surface area contributed by atoms with Crippen LogP contribution in [0.1, 0.15) is 19.3 Å². The van der Waals surface area contributed by atoms with Crippen LogP contribution in [0.15, 0.2) is 0 Å². The highest BCUT2D eigenvalue weighted by molar-refractivity contribution is 6.44. The second kappa shape index (κ2) is 3.36. The molecule has 0 bridgehead atoms. The van der Waals surface area contributed by atoms with Gasteiger partial charge in [0.1, 0.15) is 0 Å². The van der Waals surface area contributed by atoms with Crippen molar-refractivity contribution >= 4 is 7.12 Å². The molecule has 0 unspecified atom stereocenters. The molecule has 2 rings (SSSR count). The largest absolute Gasteiger partial charge is 0.455 e. The van der Waals surface area contributed by atoms with Crippen molar-refractivity contribution in [1.29, 1.82) is 0 Å². The predicted molar refractivity (Wildman–Crippen MR) is 47.6 cm³/mol. The van der Waals surface area contributed by atoms with Crippen molar-refractivity contribution in [3.63, 3.8) is 0 Å². The lowest BCUT2D eigenvalue weighted by molar-refractivity contribution is 0.327. The zero-order valence-corrected chi connectivity index (χ0v) is 7.24. The Kier molecular flexibility index (Phi) is 2.39. The molecule has 4 heteroatoms. The van der Waals surface area contributed by atoms with E-state index in [0.29, 0.717) is 5.92 Å². The van der Waals surface area contributed by atoms with Gasteiger partial charge in [-0.2, -0.15) is 0 Å². The first-order valence-corrected chi connectivity index (χ1v) is 4.86. The summed E-state index contributed by atoms with van der Waals surface area (Å²) < 4.78 is 0. The lowest BCUT2D eigenvalue weighted by Crippen LogP contribution is -2.29. The van der Waals surface area contributed by atoms with E-state index in [0.717, 1.165) is 25.4 Å². The maximum Gasteiger partial charge on any atom is 0.455 e. The van der Waals surface area contributed by atoms with Gasteiger partial charge in [-0.05, 0) is 50.0 Å². The molecule has 2 fully saturated rings. The van der Waals surface area contributed by atoms with Crippen molar-refractivity contribution in [3.8, 4) is 0 Å². The molecule has 0 amide bonds. The van der Waals surface area contributed by atoms with Gasteiger partial charge in [0.25, 0.3) is 0 Å². The molecule has 1 aliphatic heterocycles. The SMILES string of the molecule is OB(O)[C@@H]1C[C@H]1C1CCNCC1. The molecule has 3 N–H and O–H groups in total. The number of hydrogen-bond donors (Lipinski definition) is 3. The monoisotopic (exact) mass is 169 g/mol. The molecule has 1 saturated carbocycles. The molecule has 12 heavy (non-hydrogen) atoms. The van der Waals surface area contributed by atoms with Crippen LogP contribution in [-0.4, -0.2) is 30.3 Å². The standard InChI is InChI=1S/C8H16BNO2/c11-9(12)8-5-7(8)6-1-3-10-4-2-6/h6-8,10-12H,1-5H2/t7-,8+/m0/s1. The number of rotatable bonds is 2. The van der Waals surface area contributed by atoms with Crippen LogP contribution in [0.2, 0.25) is 5.82 Å². The minimum absolute atomic E-state index is 0.188. The van der Waals surface area contributed by atoms with E-state index < -0.39 is 7.12 Å². The Hall–Kier alpha value is -0.0551. The molecule has 0 aromatic rings. The lowest BCUT2D eigenvalue weighted by Gasteiger charge is -2.22. The minimum atomic E-state index is -1.06. The van der Waals surface area contributed by atoms with Crippen LogP contribution in [-0.2, 0) is 0 Å². The van der Waals surface area contributed by atoms with Crippen LogP contribution in [0.4, 0.5) is 0 Å². The Balaban J connectivity index is 1.79. The smallest absolute Gasteiger partial charge is 0.427 e. The van der Waals surface area contributed by atoms with E-state index >= 15 is 0 Å². The second-order valence-electron chi connectivity index (χ2n) is 4.06. The number of nitrogens with one attached hydrogen (secondary N) is 1. The average molecular weight is 169 g/mol. The van der Waals surface area contributed by atoms with E-state index in [1.54, 1.807) is 0 Å². The van der Waals surface area contributed by atoms with Gasteiger partial charge in [-0.15, -0.1) is 0 Å². The molecule has 3 nitrogen and oxygen atoms in total. The van der Waals surface area contributed by atoms with E-state index in [4.69, 9.17) is 10.0 Å². The van der Waals surface area contributed by atoms with E-state index in [1.807, 2.05) is 0 Å². The topological polar surface area (TPSA) is 52.5 Å². The molecule has 1 aliphatic carbocycles. The third kappa shape index (κ3) is 1.65. The molecule has 0 spiro atoms. The Morgan fingerprint density at radius 1 is 1.17 bits per heavy atom. The fraction of sp³-hybridized carbons (Fsp3) is 1.00. The molecule has 1 saturated heterocycles. The van der Waals surface area contributed by atoms with E-state index in [1.165, 1.54) is 12.8 Å². The van der Waals surface area contributed by atoms with E-state index in [2.05, 4.69) is 5.32 Å². The first kappa shape index (κ1) is 8.54. The molecule has 2 aliphatic rings. The van der Waals surface area contributed by atoms with Crippen molar-refractivity contribution in [1.82, 2.24) is 5.32 Å². The quantitative estimate of drug-likeness (QED) is 0.504. The Labute approximate surface area is 73.3 Å². The fourth-order valence-electron chi connectivity index (χ4n) is 2.39. The Morgan fingerprint density at radius 2 is 1.83 bits per heavy atom. The normalized spacial score (nSPS) is 36.5. The van der Waals surface area contributed by atoms with Crippen molar-refractivity contribution in [2.24, 2.45) is 11.8 Å². The maximum absolute atomic E-state index is 8.93. The predicted octanol–water partition coefficient (Wildman–Crippen LogP) is -0.151. The summed E-state index contributed by atoms with van der Waals surface area (Å²) in [6.07, 6.45) is 3.46. The Bertz CT molecular complexity index is 159. The summed E-state index contributed by atoms with van der Waals surface area (Å²) in [5.41, 5.74) is 0. The van der Waals surface area contributed by atoms with Crippen molar-refractivity contribution in [2.45, 2.75) is 25.1 Å². The number of piperidine rings is 1. The van der Waals surface area contributed by atoms with E-state index in [-0.39, 0.29) is 5.82 Å². The molecular formula is C8H16BNO2. The summed E-state index contributed by atoms with van der Waals surface area (Å²) in [6.45, 7) is 2.21. The van der Waals surface area contributed by atoms with Crippen molar-refractivity contribution < 1.29 is 10.0 Å². The third-order valence-electron chi connectivity index (χ3n) is 3.26. The maximum atomic E-state index is 8.93. The van der Waals surface area contributed by atoms with Crippen LogP contribution < -0.4 is 5.32 Å². The highest BCUT2D eigenvalue weighted by Crippen LogP contribution is 2.52. The van der Waals surface area contributed by atoms with Gasteiger partial charge in [0.2, 0.25) is 0 Å². The van der Waals surface area contributed by atoms with Crippen LogP contribution >= 0.6 is 0 Å². The molecule has 0 aromatic carbocycles. The molecule has 2 atom stereocenters. The number of hydrogen-bond acceptors (Lipinski definition) is 3. The Morgan fingerprint density at radius 3 is 2.33 bits per heavy atom. The van der Waals surface area contributed by atoms with Gasteiger partial charge >= 0.3 is 7.12 Å². The summed E-state index contributed by atoms with van der Waals surface area (Å²) in [5.74, 6) is 1.54. The highest BCUT2D eigenvalue weighted by Gasteiger charge is 2.49. The second-order valence-corrected chi connectivity index (χ2v) is 4.06. The van der Waals surface area contributed by atoms with Gasteiger partial charge in [-0.25, -0.2) is 0 Å². The van der Waals surface area contributed by atoms with Crippen LogP contribution in [0.3, 0.4) is 0 Å². The van der Waals surface area contributed by atoms with Crippen molar-refractivity contribution in [3.05, 3.63) is 0 Å². The summed E-state index contributed by atoms with van der Waals surface area (Å²) in [4.78, 5) is 0.